The summed E-state index contributed by atoms with van der Waals surface area (Å²) < 4.78 is 42.4. The van der Waals surface area contributed by atoms with E-state index in [1.165, 1.54) is 12.1 Å². The molecule has 4 rings (SSSR count). The minimum absolute atomic E-state index is 0.0784. The summed E-state index contributed by atoms with van der Waals surface area (Å²) >= 11 is 0. The Morgan fingerprint density at radius 3 is 2.65 bits per heavy atom. The largest absolute Gasteiger partial charge is 0.295 e. The number of benzene rings is 1. The Morgan fingerprint density at radius 2 is 1.87 bits per heavy atom. The second-order valence-electron chi connectivity index (χ2n) is 7.12. The van der Waals surface area contributed by atoms with Gasteiger partial charge in [-0.05, 0) is 44.0 Å². The van der Waals surface area contributed by atoms with Crippen LogP contribution in [0.3, 0.4) is 0 Å². The first-order valence-electron chi connectivity index (χ1n) is 9.61. The minimum Gasteiger partial charge on any atom is -0.295 e. The predicted octanol–water partition coefficient (Wildman–Crippen LogP) is 1.40. The summed E-state index contributed by atoms with van der Waals surface area (Å²) in [5.74, 6) is -2.17. The summed E-state index contributed by atoms with van der Waals surface area (Å²) in [7, 11) is -4.21. The molecule has 1 aliphatic rings. The molecule has 0 saturated carbocycles. The van der Waals surface area contributed by atoms with Crippen LogP contribution in [-0.2, 0) is 14.8 Å². The van der Waals surface area contributed by atoms with Crippen molar-refractivity contribution in [2.45, 2.75) is 30.7 Å². The van der Waals surface area contributed by atoms with Crippen LogP contribution in [0.4, 0.5) is 4.39 Å². The van der Waals surface area contributed by atoms with Gasteiger partial charge in [-0.3, -0.25) is 24.8 Å². The normalized spacial score (nSPS) is 17.0. The minimum atomic E-state index is -4.21. The van der Waals surface area contributed by atoms with Crippen molar-refractivity contribution in [3.8, 4) is 0 Å². The Balaban J connectivity index is 1.50. The number of hydrogen-bond acceptors (Lipinski definition) is 5. The summed E-state index contributed by atoms with van der Waals surface area (Å²) in [6.07, 6.45) is 2.36. The molecule has 0 bridgehead atoms. The van der Waals surface area contributed by atoms with Crippen LogP contribution in [0.5, 0.6) is 0 Å². The van der Waals surface area contributed by atoms with E-state index in [0.29, 0.717) is 17.8 Å². The quantitative estimate of drug-likeness (QED) is 0.590. The molecule has 0 radical (unpaired) electrons. The van der Waals surface area contributed by atoms with Crippen molar-refractivity contribution >= 4 is 27.5 Å². The van der Waals surface area contributed by atoms with Gasteiger partial charge in [0, 0.05) is 12.7 Å². The number of hydrazine groups is 1. The summed E-state index contributed by atoms with van der Waals surface area (Å²) in [4.78, 5) is 29.1. The van der Waals surface area contributed by atoms with Crippen LogP contribution in [0.15, 0.2) is 53.6 Å². The van der Waals surface area contributed by atoms with Crippen molar-refractivity contribution < 1.29 is 22.4 Å². The molecule has 3 heterocycles. The van der Waals surface area contributed by atoms with Gasteiger partial charge in [-0.2, -0.15) is 4.31 Å². The van der Waals surface area contributed by atoms with Gasteiger partial charge >= 0.3 is 0 Å². The monoisotopic (exact) mass is 445 g/mol. The number of nitrogens with one attached hydrogen (secondary N) is 2. The number of imidazole rings is 1. The fourth-order valence-corrected chi connectivity index (χ4v) is 5.44. The van der Waals surface area contributed by atoms with E-state index in [2.05, 4.69) is 15.8 Å². The maximum Gasteiger partial charge on any atom is 0.288 e. The Labute approximate surface area is 177 Å². The number of nitrogens with zero attached hydrogens (tertiary/aromatic N) is 3. The molecule has 1 fully saturated rings. The Bertz CT molecular complexity index is 1270. The predicted molar refractivity (Wildman–Crippen MR) is 109 cm³/mol. The molecule has 1 unspecified atom stereocenters. The molecule has 1 aliphatic heterocycles. The van der Waals surface area contributed by atoms with Crippen LogP contribution < -0.4 is 10.9 Å². The van der Waals surface area contributed by atoms with Gasteiger partial charge in [-0.25, -0.2) is 17.8 Å². The first-order chi connectivity index (χ1) is 14.8. The van der Waals surface area contributed by atoms with E-state index in [0.717, 1.165) is 16.4 Å². The molecule has 2 amide bonds. The number of pyridine rings is 1. The van der Waals surface area contributed by atoms with E-state index < -0.39 is 38.6 Å². The van der Waals surface area contributed by atoms with Gasteiger partial charge in [0.2, 0.25) is 10.0 Å². The van der Waals surface area contributed by atoms with Crippen LogP contribution in [0, 0.1) is 12.7 Å². The molecule has 1 saturated heterocycles. The second-order valence-corrected chi connectivity index (χ2v) is 8.98. The maximum atomic E-state index is 14.1. The van der Waals surface area contributed by atoms with Crippen LogP contribution in [0.1, 0.15) is 29.0 Å². The summed E-state index contributed by atoms with van der Waals surface area (Å²) in [5, 5.41) is 0. The van der Waals surface area contributed by atoms with Gasteiger partial charge in [0.1, 0.15) is 28.1 Å². The molecule has 9 nitrogen and oxygen atoms in total. The Hall–Kier alpha value is -3.31. The van der Waals surface area contributed by atoms with Gasteiger partial charge in [0.05, 0.1) is 5.69 Å². The van der Waals surface area contributed by atoms with Crippen LogP contribution in [-0.4, -0.2) is 46.5 Å². The van der Waals surface area contributed by atoms with E-state index >= 15 is 0 Å². The first-order valence-corrected chi connectivity index (χ1v) is 11.0. The zero-order valence-corrected chi connectivity index (χ0v) is 17.4. The molecule has 2 aromatic heterocycles. The van der Waals surface area contributed by atoms with Crippen LogP contribution in [0.2, 0.25) is 0 Å². The van der Waals surface area contributed by atoms with Crippen molar-refractivity contribution in [3.05, 3.63) is 65.9 Å². The highest BCUT2D eigenvalue weighted by Gasteiger charge is 2.40. The summed E-state index contributed by atoms with van der Waals surface area (Å²) in [6, 6.07) is 9.23. The fraction of sp³-hybridized carbons (Fsp3) is 0.250. The number of aromatic nitrogens is 2. The molecular formula is C20H20FN5O4S. The molecular weight excluding hydrogens is 425 g/mol. The lowest BCUT2D eigenvalue weighted by atomic mass is 10.2. The van der Waals surface area contributed by atoms with Gasteiger partial charge < -0.3 is 0 Å². The molecule has 11 heteroatoms. The van der Waals surface area contributed by atoms with E-state index in [1.54, 1.807) is 35.7 Å². The van der Waals surface area contributed by atoms with E-state index in [1.807, 2.05) is 0 Å². The number of amides is 2. The number of sulfonamides is 1. The zero-order valence-electron chi connectivity index (χ0n) is 16.6. The molecule has 31 heavy (non-hydrogen) atoms. The molecule has 1 atom stereocenters. The number of halogens is 1. The highest BCUT2D eigenvalue weighted by Crippen LogP contribution is 2.27. The van der Waals surface area contributed by atoms with Crippen molar-refractivity contribution in [1.29, 1.82) is 0 Å². The lowest BCUT2D eigenvalue weighted by Crippen LogP contribution is -2.51. The SMILES string of the molecule is Cc1nc2ccccn2c1C(=O)NNC(=O)C1CCCN1S(=O)(=O)c1ccccc1F. The highest BCUT2D eigenvalue weighted by atomic mass is 32.2. The van der Waals surface area contributed by atoms with Crippen molar-refractivity contribution in [2.75, 3.05) is 6.54 Å². The first kappa shape index (κ1) is 20.9. The average molecular weight is 445 g/mol. The number of fused-ring (bicyclic) bond motifs is 1. The van der Waals surface area contributed by atoms with E-state index in [9.17, 15) is 22.4 Å². The molecule has 3 aromatic rings. The standard InChI is InChI=1S/C20H20FN5O4S/c1-13-18(25-11-5-4-10-17(25)22-13)20(28)24-23-19(27)15-8-6-12-26(15)31(29,30)16-9-3-2-7-14(16)21/h2-5,7,9-11,15H,6,8,12H2,1H3,(H,23,27)(H,24,28). The Kier molecular flexibility index (Phi) is 5.46. The average Bonchev–Trinajstić information content (AvgIpc) is 3.36. The maximum absolute atomic E-state index is 14.1. The highest BCUT2D eigenvalue weighted by molar-refractivity contribution is 7.89. The van der Waals surface area contributed by atoms with Crippen molar-refractivity contribution in [3.63, 3.8) is 0 Å². The summed E-state index contributed by atoms with van der Waals surface area (Å²) in [6.45, 7) is 1.75. The van der Waals surface area contributed by atoms with Gasteiger partial charge in [-0.1, -0.05) is 18.2 Å². The smallest absolute Gasteiger partial charge is 0.288 e. The fourth-order valence-electron chi connectivity index (χ4n) is 3.72. The van der Waals surface area contributed by atoms with E-state index in [4.69, 9.17) is 0 Å². The summed E-state index contributed by atoms with van der Waals surface area (Å²) in [5.41, 5.74) is 5.92. The van der Waals surface area contributed by atoms with Gasteiger partial charge in [-0.15, -0.1) is 0 Å². The van der Waals surface area contributed by atoms with E-state index in [-0.39, 0.29) is 18.7 Å². The topological polar surface area (TPSA) is 113 Å². The molecule has 1 aromatic carbocycles. The third-order valence-electron chi connectivity index (χ3n) is 5.15. The molecule has 0 aliphatic carbocycles. The Morgan fingerprint density at radius 1 is 1.13 bits per heavy atom. The lowest BCUT2D eigenvalue weighted by molar-refractivity contribution is -0.125. The zero-order chi connectivity index (χ0) is 22.2. The number of carbonyl (C=O) groups is 2. The molecule has 0 spiro atoms. The number of carbonyl (C=O) groups excluding carboxylic acids is 2. The van der Waals surface area contributed by atoms with Crippen molar-refractivity contribution in [2.24, 2.45) is 0 Å². The van der Waals surface area contributed by atoms with Gasteiger partial charge in [0.15, 0.2) is 0 Å². The second kappa shape index (κ2) is 8.08. The van der Waals surface area contributed by atoms with Crippen molar-refractivity contribution in [1.82, 2.24) is 24.5 Å². The number of rotatable bonds is 4. The third-order valence-corrected chi connectivity index (χ3v) is 7.09. The third kappa shape index (κ3) is 3.77. The van der Waals surface area contributed by atoms with Crippen LogP contribution in [0.25, 0.3) is 5.65 Å². The number of aryl methyl sites for hydroxylation is 1. The lowest BCUT2D eigenvalue weighted by Gasteiger charge is -2.23. The van der Waals surface area contributed by atoms with Crippen LogP contribution >= 0.6 is 0 Å². The molecule has 162 valence electrons. The van der Waals surface area contributed by atoms with Gasteiger partial charge in [0.25, 0.3) is 11.8 Å². The molecule has 2 N–H and O–H groups in total. The number of hydrogen-bond donors (Lipinski definition) is 2.